The Morgan fingerprint density at radius 3 is 2.30 bits per heavy atom. The smallest absolute Gasteiger partial charge is 0.317 e. The van der Waals surface area contributed by atoms with Crippen LogP contribution in [0.3, 0.4) is 0 Å². The number of aliphatic carboxylic acids is 1. The van der Waals surface area contributed by atoms with E-state index >= 15 is 0 Å². The summed E-state index contributed by atoms with van der Waals surface area (Å²) in [5.74, 6) is -0.768. The fourth-order valence-electron chi connectivity index (χ4n) is 2.75. The zero-order valence-electron chi connectivity index (χ0n) is 12.8. The number of hydrogen-bond donors (Lipinski definition) is 2. The van der Waals surface area contributed by atoms with Crippen molar-refractivity contribution in [1.82, 2.24) is 10.2 Å². The molecule has 0 aliphatic heterocycles. The molecule has 5 nitrogen and oxygen atoms in total. The Labute approximate surface area is 121 Å². The van der Waals surface area contributed by atoms with Gasteiger partial charge in [-0.2, -0.15) is 0 Å². The Bertz CT molecular complexity index is 323. The van der Waals surface area contributed by atoms with Crippen molar-refractivity contribution in [1.29, 1.82) is 0 Å². The molecule has 1 fully saturated rings. The van der Waals surface area contributed by atoms with Gasteiger partial charge in [0.05, 0.1) is 5.41 Å². The van der Waals surface area contributed by atoms with Gasteiger partial charge in [0.25, 0.3) is 0 Å². The number of carboxylic acids is 1. The van der Waals surface area contributed by atoms with Crippen molar-refractivity contribution in [3.05, 3.63) is 0 Å². The van der Waals surface area contributed by atoms with E-state index in [1.165, 1.54) is 0 Å². The molecule has 0 aromatic rings. The van der Waals surface area contributed by atoms with E-state index in [-0.39, 0.29) is 12.6 Å². The third-order valence-electron chi connectivity index (χ3n) is 4.29. The summed E-state index contributed by atoms with van der Waals surface area (Å²) in [5.41, 5.74) is -0.766. The van der Waals surface area contributed by atoms with Crippen molar-refractivity contribution >= 4 is 12.0 Å². The maximum Gasteiger partial charge on any atom is 0.317 e. The standard InChI is InChI=1S/C15H28N2O3/c1-3-4-11-17(2)14(20)16-12-15(13(18)19)9-7-5-6-8-10-15/h3-12H2,1-2H3,(H,16,20)(H,18,19). The van der Waals surface area contributed by atoms with Gasteiger partial charge in [0.2, 0.25) is 0 Å². The van der Waals surface area contributed by atoms with Crippen LogP contribution in [0.25, 0.3) is 0 Å². The van der Waals surface area contributed by atoms with Crippen molar-refractivity contribution in [2.45, 2.75) is 58.3 Å². The summed E-state index contributed by atoms with van der Waals surface area (Å²) < 4.78 is 0. The highest BCUT2D eigenvalue weighted by Gasteiger charge is 2.39. The highest BCUT2D eigenvalue weighted by Crippen LogP contribution is 2.34. The average Bonchev–Trinajstić information content (AvgIpc) is 2.68. The molecule has 5 heteroatoms. The van der Waals surface area contributed by atoms with Gasteiger partial charge in [0.1, 0.15) is 0 Å². The predicted octanol–water partition coefficient (Wildman–Crippen LogP) is 2.85. The fourth-order valence-corrected chi connectivity index (χ4v) is 2.75. The normalized spacial score (nSPS) is 18.1. The van der Waals surface area contributed by atoms with Crippen LogP contribution in [0.4, 0.5) is 4.79 Å². The summed E-state index contributed by atoms with van der Waals surface area (Å²) >= 11 is 0. The summed E-state index contributed by atoms with van der Waals surface area (Å²) in [4.78, 5) is 25.2. The van der Waals surface area contributed by atoms with Gasteiger partial charge in [0, 0.05) is 20.1 Å². The van der Waals surface area contributed by atoms with Crippen LogP contribution in [0.2, 0.25) is 0 Å². The van der Waals surface area contributed by atoms with E-state index < -0.39 is 11.4 Å². The molecule has 0 saturated heterocycles. The second kappa shape index (κ2) is 8.12. The maximum absolute atomic E-state index is 12.0. The van der Waals surface area contributed by atoms with Gasteiger partial charge in [0.15, 0.2) is 0 Å². The Morgan fingerprint density at radius 2 is 1.80 bits per heavy atom. The van der Waals surface area contributed by atoms with Gasteiger partial charge in [-0.15, -0.1) is 0 Å². The third-order valence-corrected chi connectivity index (χ3v) is 4.29. The molecule has 0 radical (unpaired) electrons. The van der Waals surface area contributed by atoms with Crippen LogP contribution >= 0.6 is 0 Å². The molecular weight excluding hydrogens is 256 g/mol. The third kappa shape index (κ3) is 4.69. The molecular formula is C15H28N2O3. The first kappa shape index (κ1) is 16.8. The van der Waals surface area contributed by atoms with Crippen LogP contribution in [0.15, 0.2) is 0 Å². The molecule has 0 spiro atoms. The van der Waals surface area contributed by atoms with Crippen LogP contribution in [0, 0.1) is 5.41 Å². The molecule has 0 atom stereocenters. The molecule has 1 saturated carbocycles. The van der Waals surface area contributed by atoms with E-state index in [1.807, 2.05) is 0 Å². The topological polar surface area (TPSA) is 69.6 Å². The molecule has 116 valence electrons. The zero-order chi connectivity index (χ0) is 15.0. The molecule has 1 aliphatic carbocycles. The maximum atomic E-state index is 12.0. The first-order chi connectivity index (χ1) is 9.52. The van der Waals surface area contributed by atoms with E-state index in [4.69, 9.17) is 0 Å². The molecule has 0 aromatic carbocycles. The summed E-state index contributed by atoms with van der Waals surface area (Å²) in [6, 6.07) is -0.164. The Morgan fingerprint density at radius 1 is 1.20 bits per heavy atom. The number of amides is 2. The minimum atomic E-state index is -0.768. The molecule has 20 heavy (non-hydrogen) atoms. The van der Waals surface area contributed by atoms with Crippen LogP contribution in [-0.2, 0) is 4.79 Å². The monoisotopic (exact) mass is 284 g/mol. The van der Waals surface area contributed by atoms with Crippen molar-refractivity contribution in [2.75, 3.05) is 20.1 Å². The number of urea groups is 1. The molecule has 1 aliphatic rings. The lowest BCUT2D eigenvalue weighted by molar-refractivity contribution is -0.149. The van der Waals surface area contributed by atoms with Gasteiger partial charge in [-0.1, -0.05) is 39.0 Å². The zero-order valence-corrected chi connectivity index (χ0v) is 12.8. The Hall–Kier alpha value is -1.26. The number of unbranched alkanes of at least 4 members (excludes halogenated alkanes) is 1. The van der Waals surface area contributed by atoms with Crippen molar-refractivity contribution in [3.8, 4) is 0 Å². The van der Waals surface area contributed by atoms with Gasteiger partial charge in [-0.3, -0.25) is 4.79 Å². The summed E-state index contributed by atoms with van der Waals surface area (Å²) in [7, 11) is 1.76. The molecule has 2 amide bonds. The van der Waals surface area contributed by atoms with E-state index in [9.17, 15) is 14.7 Å². The average molecular weight is 284 g/mol. The Kier molecular flexibility index (Phi) is 6.82. The number of hydrogen-bond acceptors (Lipinski definition) is 2. The SMILES string of the molecule is CCCCN(C)C(=O)NCC1(C(=O)O)CCCCCC1. The van der Waals surface area contributed by atoms with E-state index in [2.05, 4.69) is 12.2 Å². The lowest BCUT2D eigenvalue weighted by Crippen LogP contribution is -2.46. The first-order valence-corrected chi connectivity index (χ1v) is 7.74. The minimum absolute atomic E-state index is 0.164. The molecule has 2 N–H and O–H groups in total. The molecule has 0 bridgehead atoms. The summed E-state index contributed by atoms with van der Waals surface area (Å²) in [6.07, 6.45) is 7.41. The first-order valence-electron chi connectivity index (χ1n) is 7.74. The molecule has 0 aromatic heterocycles. The van der Waals surface area contributed by atoms with Crippen LogP contribution in [-0.4, -0.2) is 42.1 Å². The number of nitrogens with one attached hydrogen (secondary N) is 1. The van der Waals surface area contributed by atoms with Crippen LogP contribution in [0.1, 0.15) is 58.3 Å². The lowest BCUT2D eigenvalue weighted by Gasteiger charge is -2.29. The number of carbonyl (C=O) groups excluding carboxylic acids is 1. The number of carboxylic acid groups (broad SMARTS) is 1. The lowest BCUT2D eigenvalue weighted by atomic mass is 9.80. The highest BCUT2D eigenvalue weighted by atomic mass is 16.4. The fraction of sp³-hybridized carbons (Fsp3) is 0.867. The number of carbonyl (C=O) groups is 2. The van der Waals surface area contributed by atoms with Crippen LogP contribution in [0.5, 0.6) is 0 Å². The molecule has 0 heterocycles. The molecule has 0 unspecified atom stereocenters. The number of nitrogens with zero attached hydrogens (tertiary/aromatic N) is 1. The van der Waals surface area contributed by atoms with Crippen LogP contribution < -0.4 is 5.32 Å². The van der Waals surface area contributed by atoms with Gasteiger partial charge < -0.3 is 15.3 Å². The second-order valence-corrected chi connectivity index (χ2v) is 5.93. The highest BCUT2D eigenvalue weighted by molar-refractivity contribution is 5.78. The van der Waals surface area contributed by atoms with Gasteiger partial charge >= 0.3 is 12.0 Å². The number of rotatable bonds is 6. The van der Waals surface area contributed by atoms with Crippen molar-refractivity contribution in [2.24, 2.45) is 5.41 Å². The summed E-state index contributed by atoms with van der Waals surface area (Å²) in [5, 5.41) is 12.4. The van der Waals surface area contributed by atoms with E-state index in [0.29, 0.717) is 19.4 Å². The minimum Gasteiger partial charge on any atom is -0.481 e. The van der Waals surface area contributed by atoms with Crippen molar-refractivity contribution < 1.29 is 14.7 Å². The van der Waals surface area contributed by atoms with E-state index in [0.717, 1.165) is 38.5 Å². The quantitative estimate of drug-likeness (QED) is 0.737. The van der Waals surface area contributed by atoms with Gasteiger partial charge in [-0.25, -0.2) is 4.79 Å². The summed E-state index contributed by atoms with van der Waals surface area (Å²) in [6.45, 7) is 3.04. The Balaban J connectivity index is 2.54. The van der Waals surface area contributed by atoms with Gasteiger partial charge in [-0.05, 0) is 19.3 Å². The van der Waals surface area contributed by atoms with Crippen molar-refractivity contribution in [3.63, 3.8) is 0 Å². The predicted molar refractivity (Wildman–Crippen MR) is 78.7 cm³/mol. The molecule has 1 rings (SSSR count). The largest absolute Gasteiger partial charge is 0.481 e. The van der Waals surface area contributed by atoms with E-state index in [1.54, 1.807) is 11.9 Å². The second-order valence-electron chi connectivity index (χ2n) is 5.93.